The van der Waals surface area contributed by atoms with E-state index in [2.05, 4.69) is 10.3 Å². The third kappa shape index (κ3) is 3.99. The van der Waals surface area contributed by atoms with Crippen LogP contribution < -0.4 is 14.8 Å². The Morgan fingerprint density at radius 1 is 1.33 bits per heavy atom. The molecule has 0 saturated carbocycles. The van der Waals surface area contributed by atoms with Crippen molar-refractivity contribution in [1.29, 1.82) is 0 Å². The fourth-order valence-electron chi connectivity index (χ4n) is 2.90. The summed E-state index contributed by atoms with van der Waals surface area (Å²) in [4.78, 5) is 29.2. The number of halogens is 1. The maximum atomic E-state index is 13.3. The number of nitrogens with one attached hydrogen (secondary N) is 1. The van der Waals surface area contributed by atoms with Crippen molar-refractivity contribution in [3.63, 3.8) is 0 Å². The minimum absolute atomic E-state index is 0.0571. The fraction of sp³-hybridized carbons (Fsp3) is 0.316. The molecule has 0 bridgehead atoms. The van der Waals surface area contributed by atoms with Crippen LogP contribution in [0.2, 0.25) is 0 Å². The molecule has 1 saturated heterocycles. The SMILES string of the molecule is COc1ccc(Oc2cnc(F)c(C)c2)cc1NC(=O)[C@H]1CCC(=O)N1C. The number of aryl methyl sites for hydroxylation is 1. The predicted octanol–water partition coefficient (Wildman–Crippen LogP) is 2.89. The Bertz CT molecular complexity index is 887. The van der Waals surface area contributed by atoms with Gasteiger partial charge in [-0.1, -0.05) is 0 Å². The van der Waals surface area contributed by atoms with E-state index in [4.69, 9.17) is 9.47 Å². The highest BCUT2D eigenvalue weighted by Crippen LogP contribution is 2.32. The first-order valence-corrected chi connectivity index (χ1v) is 8.43. The molecule has 2 heterocycles. The van der Waals surface area contributed by atoms with Crippen molar-refractivity contribution < 1.29 is 23.5 Å². The number of rotatable bonds is 5. The van der Waals surface area contributed by atoms with Crippen LogP contribution in [-0.2, 0) is 9.59 Å². The molecule has 0 radical (unpaired) electrons. The van der Waals surface area contributed by atoms with E-state index in [1.54, 1.807) is 32.2 Å². The van der Waals surface area contributed by atoms with Crippen LogP contribution in [0.4, 0.5) is 10.1 Å². The van der Waals surface area contributed by atoms with Crippen molar-refractivity contribution in [3.05, 3.63) is 42.0 Å². The quantitative estimate of drug-likeness (QED) is 0.815. The molecule has 1 fully saturated rings. The van der Waals surface area contributed by atoms with Crippen LogP contribution >= 0.6 is 0 Å². The number of hydrogen-bond acceptors (Lipinski definition) is 5. The summed E-state index contributed by atoms with van der Waals surface area (Å²) in [6.45, 7) is 1.59. The molecule has 142 valence electrons. The Balaban J connectivity index is 1.80. The summed E-state index contributed by atoms with van der Waals surface area (Å²) in [5.41, 5.74) is 0.781. The number of benzene rings is 1. The van der Waals surface area contributed by atoms with E-state index in [1.807, 2.05) is 0 Å². The summed E-state index contributed by atoms with van der Waals surface area (Å²) < 4.78 is 24.3. The lowest BCUT2D eigenvalue weighted by molar-refractivity contribution is -0.131. The number of ether oxygens (including phenoxy) is 2. The maximum absolute atomic E-state index is 13.3. The lowest BCUT2D eigenvalue weighted by Crippen LogP contribution is -2.38. The van der Waals surface area contributed by atoms with E-state index in [0.717, 1.165) is 0 Å². The van der Waals surface area contributed by atoms with Crippen LogP contribution in [0.5, 0.6) is 17.2 Å². The average molecular weight is 373 g/mol. The molecule has 7 nitrogen and oxygen atoms in total. The van der Waals surface area contributed by atoms with Crippen LogP contribution in [0.25, 0.3) is 0 Å². The second-order valence-corrected chi connectivity index (χ2v) is 6.29. The normalized spacial score (nSPS) is 16.4. The van der Waals surface area contributed by atoms with E-state index in [0.29, 0.717) is 41.3 Å². The largest absolute Gasteiger partial charge is 0.495 e. The number of likely N-dealkylation sites (tertiary alicyclic amines) is 1. The van der Waals surface area contributed by atoms with Crippen molar-refractivity contribution in [1.82, 2.24) is 9.88 Å². The van der Waals surface area contributed by atoms with Crippen molar-refractivity contribution in [3.8, 4) is 17.2 Å². The number of methoxy groups -OCH3 is 1. The summed E-state index contributed by atoms with van der Waals surface area (Å²) in [6, 6.07) is 5.93. The Labute approximate surface area is 156 Å². The third-order valence-electron chi connectivity index (χ3n) is 4.45. The van der Waals surface area contributed by atoms with Gasteiger partial charge in [-0.15, -0.1) is 0 Å². The summed E-state index contributed by atoms with van der Waals surface area (Å²) in [6.07, 6.45) is 2.11. The Hall–Kier alpha value is -3.16. The van der Waals surface area contributed by atoms with Crippen LogP contribution in [0, 0.1) is 12.9 Å². The van der Waals surface area contributed by atoms with Gasteiger partial charge in [0, 0.05) is 25.1 Å². The lowest BCUT2D eigenvalue weighted by Gasteiger charge is -2.20. The molecule has 0 unspecified atom stereocenters. The Kier molecular flexibility index (Phi) is 5.25. The highest BCUT2D eigenvalue weighted by atomic mass is 19.1. The number of carbonyl (C=O) groups excluding carboxylic acids is 2. The smallest absolute Gasteiger partial charge is 0.247 e. The van der Waals surface area contributed by atoms with Crippen LogP contribution in [0.3, 0.4) is 0 Å². The molecular weight excluding hydrogens is 353 g/mol. The van der Waals surface area contributed by atoms with Gasteiger partial charge in [-0.25, -0.2) is 4.98 Å². The zero-order valence-corrected chi connectivity index (χ0v) is 15.3. The number of anilines is 1. The number of likely N-dealkylation sites (N-methyl/N-ethyl adjacent to an activating group) is 1. The van der Waals surface area contributed by atoms with E-state index in [-0.39, 0.29) is 11.8 Å². The fourth-order valence-corrected chi connectivity index (χ4v) is 2.90. The minimum Gasteiger partial charge on any atom is -0.495 e. The number of nitrogens with zero attached hydrogens (tertiary/aromatic N) is 2. The first-order valence-electron chi connectivity index (χ1n) is 8.43. The number of aromatic nitrogens is 1. The van der Waals surface area contributed by atoms with E-state index >= 15 is 0 Å². The minimum atomic E-state index is -0.555. The first kappa shape index (κ1) is 18.6. The second-order valence-electron chi connectivity index (χ2n) is 6.29. The standard InChI is InChI=1S/C19H20FN3O4/c1-11-8-13(10-21-18(11)20)27-12-4-6-16(26-3)14(9-12)22-19(25)15-5-7-17(24)23(15)2/h4,6,8-10,15H,5,7H2,1-3H3,(H,22,25)/t15-/m1/s1. The van der Waals surface area contributed by atoms with E-state index in [9.17, 15) is 14.0 Å². The van der Waals surface area contributed by atoms with Gasteiger partial charge in [0.15, 0.2) is 0 Å². The van der Waals surface area contributed by atoms with Gasteiger partial charge in [-0.3, -0.25) is 9.59 Å². The monoisotopic (exact) mass is 373 g/mol. The highest BCUT2D eigenvalue weighted by Gasteiger charge is 2.33. The Morgan fingerprint density at radius 3 is 2.74 bits per heavy atom. The lowest BCUT2D eigenvalue weighted by atomic mass is 10.2. The maximum Gasteiger partial charge on any atom is 0.247 e. The molecule has 1 aromatic carbocycles. The molecule has 0 aliphatic carbocycles. The van der Waals surface area contributed by atoms with Gasteiger partial charge >= 0.3 is 0 Å². The summed E-state index contributed by atoms with van der Waals surface area (Å²) in [5.74, 6) is 0.347. The van der Waals surface area contributed by atoms with Gasteiger partial charge in [0.1, 0.15) is 23.3 Å². The van der Waals surface area contributed by atoms with Crippen molar-refractivity contribution >= 4 is 17.5 Å². The molecule has 2 aromatic rings. The van der Waals surface area contributed by atoms with Crippen molar-refractivity contribution in [2.24, 2.45) is 0 Å². The van der Waals surface area contributed by atoms with E-state index < -0.39 is 12.0 Å². The number of hydrogen-bond donors (Lipinski definition) is 1. The van der Waals surface area contributed by atoms with Gasteiger partial charge in [0.25, 0.3) is 0 Å². The summed E-state index contributed by atoms with van der Waals surface area (Å²) >= 11 is 0. The van der Waals surface area contributed by atoms with Crippen LogP contribution in [-0.4, -0.2) is 41.9 Å². The zero-order chi connectivity index (χ0) is 19.6. The topological polar surface area (TPSA) is 80.8 Å². The molecule has 0 spiro atoms. The van der Waals surface area contributed by atoms with Gasteiger partial charge in [-0.05, 0) is 31.5 Å². The molecule has 8 heteroatoms. The average Bonchev–Trinajstić information content (AvgIpc) is 2.97. The predicted molar refractivity (Wildman–Crippen MR) is 96.4 cm³/mol. The third-order valence-corrected chi connectivity index (χ3v) is 4.45. The second kappa shape index (κ2) is 7.61. The van der Waals surface area contributed by atoms with Crippen molar-refractivity contribution in [2.75, 3.05) is 19.5 Å². The van der Waals surface area contributed by atoms with Gasteiger partial charge in [-0.2, -0.15) is 4.39 Å². The first-order chi connectivity index (χ1) is 12.9. The Morgan fingerprint density at radius 2 is 2.11 bits per heavy atom. The molecule has 27 heavy (non-hydrogen) atoms. The molecule has 2 amide bonds. The molecule has 1 aliphatic heterocycles. The van der Waals surface area contributed by atoms with Gasteiger partial charge < -0.3 is 19.7 Å². The molecule has 1 atom stereocenters. The van der Waals surface area contributed by atoms with Crippen LogP contribution in [0.1, 0.15) is 18.4 Å². The van der Waals surface area contributed by atoms with E-state index in [1.165, 1.54) is 24.3 Å². The highest BCUT2D eigenvalue weighted by molar-refractivity contribution is 5.99. The van der Waals surface area contributed by atoms with Gasteiger partial charge in [0.2, 0.25) is 17.8 Å². The number of amides is 2. The summed E-state index contributed by atoms with van der Waals surface area (Å²) in [7, 11) is 3.10. The molecule has 1 N–H and O–H groups in total. The van der Waals surface area contributed by atoms with Crippen molar-refractivity contribution in [2.45, 2.75) is 25.8 Å². The molecule has 1 aromatic heterocycles. The molecular formula is C19H20FN3O4. The number of pyridine rings is 1. The van der Waals surface area contributed by atoms with Crippen LogP contribution in [0.15, 0.2) is 30.5 Å². The molecule has 1 aliphatic rings. The van der Waals surface area contributed by atoms with Gasteiger partial charge in [0.05, 0.1) is 19.0 Å². The molecule has 3 rings (SSSR count). The summed E-state index contributed by atoms with van der Waals surface area (Å²) in [5, 5.41) is 2.79. The number of carbonyl (C=O) groups is 2. The zero-order valence-electron chi connectivity index (χ0n) is 15.3.